The molecule has 2 N–H and O–H groups in total. The van der Waals surface area contributed by atoms with Crippen molar-refractivity contribution in [1.82, 2.24) is 19.9 Å². The van der Waals surface area contributed by atoms with Gasteiger partial charge in [0.2, 0.25) is 0 Å². The van der Waals surface area contributed by atoms with Crippen molar-refractivity contribution in [2.75, 3.05) is 29.6 Å². The second-order valence-corrected chi connectivity index (χ2v) is 9.36. The zero-order valence-electron chi connectivity index (χ0n) is 22.2. The first-order valence-electron chi connectivity index (χ1n) is 12.4. The van der Waals surface area contributed by atoms with Gasteiger partial charge in [-0.05, 0) is 80.9 Å². The Labute approximate surface area is 222 Å². The summed E-state index contributed by atoms with van der Waals surface area (Å²) >= 11 is 0. The molecule has 4 heterocycles. The predicted octanol–water partition coefficient (Wildman–Crippen LogP) is 6.73. The van der Waals surface area contributed by atoms with E-state index in [1.54, 1.807) is 12.4 Å². The van der Waals surface area contributed by atoms with Crippen LogP contribution in [0.1, 0.15) is 23.7 Å². The molecular weight excluding hydrogens is 472 g/mol. The van der Waals surface area contributed by atoms with E-state index in [2.05, 4.69) is 42.6 Å². The van der Waals surface area contributed by atoms with Crippen LogP contribution in [0.15, 0.2) is 84.2 Å². The number of aliphatic imine (C=N–C) groups is 1. The molecule has 4 aromatic heterocycles. The lowest BCUT2D eigenvalue weighted by atomic mass is 10.1. The van der Waals surface area contributed by atoms with Crippen molar-refractivity contribution in [2.24, 2.45) is 4.99 Å². The number of aromatic nitrogens is 4. The van der Waals surface area contributed by atoms with Gasteiger partial charge in [-0.2, -0.15) is 0 Å². The van der Waals surface area contributed by atoms with E-state index in [-0.39, 0.29) is 0 Å². The molecule has 0 unspecified atom stereocenters. The summed E-state index contributed by atoms with van der Waals surface area (Å²) in [7, 11) is 4.06. The maximum Gasteiger partial charge on any atom is 0.157 e. The van der Waals surface area contributed by atoms with Gasteiger partial charge >= 0.3 is 0 Å². The van der Waals surface area contributed by atoms with Crippen LogP contribution in [0.4, 0.5) is 34.5 Å². The molecule has 8 nitrogen and oxygen atoms in total. The van der Waals surface area contributed by atoms with Gasteiger partial charge in [0.1, 0.15) is 11.6 Å². The Morgan fingerprint density at radius 2 is 1.63 bits per heavy atom. The molecule has 5 rings (SSSR count). The molecule has 0 saturated heterocycles. The lowest BCUT2D eigenvalue weighted by Gasteiger charge is -2.15. The Balaban J connectivity index is 1.35. The molecule has 1 aromatic carbocycles. The number of nitrogens with one attached hydrogen (secondary N) is 2. The fourth-order valence-corrected chi connectivity index (χ4v) is 4.04. The van der Waals surface area contributed by atoms with Gasteiger partial charge in [0, 0.05) is 66.4 Å². The number of aryl methyl sites for hydroxylation is 2. The summed E-state index contributed by atoms with van der Waals surface area (Å²) in [5, 5.41) is 7.81. The zero-order chi connectivity index (χ0) is 26.6. The van der Waals surface area contributed by atoms with Crippen molar-refractivity contribution in [3.8, 4) is 0 Å². The van der Waals surface area contributed by atoms with Crippen molar-refractivity contribution < 1.29 is 0 Å². The smallest absolute Gasteiger partial charge is 0.157 e. The zero-order valence-corrected chi connectivity index (χ0v) is 22.2. The largest absolute Gasteiger partial charge is 0.378 e. The van der Waals surface area contributed by atoms with Crippen LogP contribution in [0.3, 0.4) is 0 Å². The molecule has 0 fully saturated rings. The van der Waals surface area contributed by atoms with E-state index in [4.69, 9.17) is 9.98 Å². The van der Waals surface area contributed by atoms with Gasteiger partial charge in [-0.1, -0.05) is 6.07 Å². The molecule has 0 saturated carbocycles. The SMILES string of the molecule is C/C(=N\c1nc(Nc2ccnc(C)c2)ccc1C)c1ccc(Nc2ccnc3ccc(N(C)C)cc23)nc1. The molecule has 0 atom stereocenters. The van der Waals surface area contributed by atoms with Gasteiger partial charge in [0.15, 0.2) is 5.82 Å². The Bertz CT molecular complexity index is 1620. The molecule has 190 valence electrons. The minimum Gasteiger partial charge on any atom is -0.378 e. The number of hydrogen-bond acceptors (Lipinski definition) is 8. The van der Waals surface area contributed by atoms with Crippen molar-refractivity contribution in [2.45, 2.75) is 20.8 Å². The normalized spacial score (nSPS) is 11.4. The minimum atomic E-state index is 0.667. The van der Waals surface area contributed by atoms with Crippen LogP contribution in [0.25, 0.3) is 10.9 Å². The molecule has 0 aliphatic rings. The second kappa shape index (κ2) is 10.6. The lowest BCUT2D eigenvalue weighted by molar-refractivity contribution is 1.13. The van der Waals surface area contributed by atoms with E-state index in [0.29, 0.717) is 5.82 Å². The number of rotatable bonds is 7. The first-order valence-corrected chi connectivity index (χ1v) is 12.4. The van der Waals surface area contributed by atoms with Gasteiger partial charge in [-0.15, -0.1) is 0 Å². The molecule has 0 aliphatic carbocycles. The van der Waals surface area contributed by atoms with Crippen LogP contribution in [0.2, 0.25) is 0 Å². The number of anilines is 5. The van der Waals surface area contributed by atoms with Crippen LogP contribution in [-0.2, 0) is 0 Å². The molecule has 8 heteroatoms. The van der Waals surface area contributed by atoms with Crippen molar-refractivity contribution in [3.05, 3.63) is 96.1 Å². The quantitative estimate of drug-likeness (QED) is 0.238. The van der Waals surface area contributed by atoms with Crippen LogP contribution >= 0.6 is 0 Å². The van der Waals surface area contributed by atoms with E-state index in [1.807, 2.05) is 89.6 Å². The Morgan fingerprint density at radius 3 is 2.39 bits per heavy atom. The Morgan fingerprint density at radius 1 is 0.816 bits per heavy atom. The highest BCUT2D eigenvalue weighted by molar-refractivity contribution is 6.00. The Kier molecular flexibility index (Phi) is 6.95. The molecule has 38 heavy (non-hydrogen) atoms. The highest BCUT2D eigenvalue weighted by Crippen LogP contribution is 2.28. The van der Waals surface area contributed by atoms with Crippen molar-refractivity contribution in [3.63, 3.8) is 0 Å². The van der Waals surface area contributed by atoms with Gasteiger partial charge in [0.25, 0.3) is 0 Å². The molecule has 0 bridgehead atoms. The lowest BCUT2D eigenvalue weighted by Crippen LogP contribution is -2.08. The molecule has 0 radical (unpaired) electrons. The van der Waals surface area contributed by atoms with E-state index in [9.17, 15) is 0 Å². The monoisotopic (exact) mass is 502 g/mol. The number of pyridine rings is 4. The Hall–Kier alpha value is -4.85. The van der Waals surface area contributed by atoms with Crippen molar-refractivity contribution in [1.29, 1.82) is 0 Å². The highest BCUT2D eigenvalue weighted by Gasteiger charge is 2.08. The molecule has 0 aliphatic heterocycles. The van der Waals surface area contributed by atoms with Crippen molar-refractivity contribution >= 4 is 51.1 Å². The van der Waals surface area contributed by atoms with Gasteiger partial charge in [-0.25, -0.2) is 15.0 Å². The van der Waals surface area contributed by atoms with Crippen LogP contribution in [0, 0.1) is 13.8 Å². The summed E-state index contributed by atoms with van der Waals surface area (Å²) in [6, 6.07) is 20.0. The third-order valence-corrected chi connectivity index (χ3v) is 6.20. The maximum atomic E-state index is 4.81. The highest BCUT2D eigenvalue weighted by atomic mass is 15.1. The number of benzene rings is 1. The van der Waals surface area contributed by atoms with E-state index >= 15 is 0 Å². The van der Waals surface area contributed by atoms with Crippen LogP contribution in [-0.4, -0.2) is 39.7 Å². The average Bonchev–Trinajstić information content (AvgIpc) is 2.91. The fourth-order valence-electron chi connectivity index (χ4n) is 4.04. The standard InChI is InChI=1S/C30H30N8/c1-19-6-10-29(35-23-12-14-31-20(2)16-23)37-30(19)34-21(3)22-7-11-28(33-18-22)36-27-13-15-32-26-9-8-24(38(4)5)17-25(26)27/h6-18H,1-5H3,(H,31,35,37)(H,32,33,36)/b34-21+. The van der Waals surface area contributed by atoms with Gasteiger partial charge in [-0.3, -0.25) is 9.97 Å². The summed E-state index contributed by atoms with van der Waals surface area (Å²) in [6.07, 6.45) is 5.41. The van der Waals surface area contributed by atoms with Crippen LogP contribution in [0.5, 0.6) is 0 Å². The molecular formula is C30H30N8. The summed E-state index contributed by atoms with van der Waals surface area (Å²) in [5.41, 5.74) is 7.63. The van der Waals surface area contributed by atoms with Crippen LogP contribution < -0.4 is 15.5 Å². The molecule has 0 spiro atoms. The molecule has 5 aromatic rings. The summed E-state index contributed by atoms with van der Waals surface area (Å²) < 4.78 is 0. The molecule has 0 amide bonds. The predicted molar refractivity (Wildman–Crippen MR) is 157 cm³/mol. The van der Waals surface area contributed by atoms with E-state index in [1.165, 1.54) is 0 Å². The summed E-state index contributed by atoms with van der Waals surface area (Å²) in [4.78, 5) is 25.0. The first-order chi connectivity index (χ1) is 18.4. The first kappa shape index (κ1) is 24.8. The third kappa shape index (κ3) is 5.59. The minimum absolute atomic E-state index is 0.667. The summed E-state index contributed by atoms with van der Waals surface area (Å²) in [6.45, 7) is 5.93. The number of fused-ring (bicyclic) bond motifs is 1. The average molecular weight is 503 g/mol. The van der Waals surface area contributed by atoms with E-state index in [0.717, 1.165) is 62.1 Å². The number of nitrogens with zero attached hydrogens (tertiary/aromatic N) is 6. The fraction of sp³-hybridized carbons (Fsp3) is 0.167. The maximum absolute atomic E-state index is 4.81. The second-order valence-electron chi connectivity index (χ2n) is 9.36. The van der Waals surface area contributed by atoms with E-state index < -0.39 is 0 Å². The van der Waals surface area contributed by atoms with Gasteiger partial charge < -0.3 is 15.5 Å². The summed E-state index contributed by atoms with van der Waals surface area (Å²) in [5.74, 6) is 2.14. The third-order valence-electron chi connectivity index (χ3n) is 6.20. The number of hydrogen-bond donors (Lipinski definition) is 2. The topological polar surface area (TPSA) is 91.2 Å². The van der Waals surface area contributed by atoms with Gasteiger partial charge in [0.05, 0.1) is 11.2 Å².